The predicted molar refractivity (Wildman–Crippen MR) is 64.2 cm³/mol. The molecule has 88 valence electrons. The minimum absolute atomic E-state index is 0.341. The summed E-state index contributed by atoms with van der Waals surface area (Å²) in [5.74, 6) is -0.341. The molecular weight excluding hydrogens is 217 g/mol. The summed E-state index contributed by atoms with van der Waals surface area (Å²) in [6.45, 7) is 3.65. The number of pyridine rings is 1. The zero-order valence-corrected chi connectivity index (χ0v) is 9.81. The third-order valence-electron chi connectivity index (χ3n) is 2.57. The molecule has 0 spiro atoms. The number of rotatable bonds is 2. The molecule has 2 nitrogen and oxygen atoms in total. The fraction of sp³-hybridized carbons (Fsp3) is 0.214. The highest BCUT2D eigenvalue weighted by atomic mass is 19.1. The number of benzene rings is 1. The zero-order chi connectivity index (χ0) is 12.4. The van der Waals surface area contributed by atoms with Crippen LogP contribution in [-0.4, -0.2) is 10.1 Å². The quantitative estimate of drug-likeness (QED) is 0.862. The molecule has 1 heterocycles. The first-order valence-corrected chi connectivity index (χ1v) is 5.45. The Morgan fingerprint density at radius 3 is 2.59 bits per heavy atom. The molecule has 1 aromatic carbocycles. The lowest BCUT2D eigenvalue weighted by Crippen LogP contribution is -2.04. The van der Waals surface area contributed by atoms with Crippen molar-refractivity contribution in [2.75, 3.05) is 0 Å². The van der Waals surface area contributed by atoms with Crippen LogP contribution < -0.4 is 0 Å². The number of hydrogen-bond donors (Lipinski definition) is 1. The Bertz CT molecular complexity index is 519. The van der Waals surface area contributed by atoms with E-state index in [0.29, 0.717) is 11.3 Å². The van der Waals surface area contributed by atoms with Crippen molar-refractivity contribution in [1.82, 2.24) is 4.98 Å². The molecule has 1 aromatic heterocycles. The number of aliphatic hydroxyl groups is 1. The van der Waals surface area contributed by atoms with Crippen LogP contribution in [0.2, 0.25) is 0 Å². The van der Waals surface area contributed by atoms with Gasteiger partial charge >= 0.3 is 0 Å². The Morgan fingerprint density at radius 2 is 1.94 bits per heavy atom. The van der Waals surface area contributed by atoms with Crippen molar-refractivity contribution in [2.45, 2.75) is 20.0 Å². The maximum absolute atomic E-state index is 13.3. The van der Waals surface area contributed by atoms with E-state index in [9.17, 15) is 9.50 Å². The molecule has 0 fully saturated rings. The number of aromatic nitrogens is 1. The molecule has 0 amide bonds. The van der Waals surface area contributed by atoms with Crippen LogP contribution >= 0.6 is 0 Å². The molecule has 0 aliphatic rings. The van der Waals surface area contributed by atoms with Crippen LogP contribution in [-0.2, 0) is 0 Å². The summed E-state index contributed by atoms with van der Waals surface area (Å²) >= 11 is 0. The molecule has 2 rings (SSSR count). The first-order chi connectivity index (χ1) is 8.06. The van der Waals surface area contributed by atoms with Crippen molar-refractivity contribution in [3.63, 3.8) is 0 Å². The summed E-state index contributed by atoms with van der Waals surface area (Å²) in [6.07, 6.45) is -0.885. The molecule has 0 bridgehead atoms. The topological polar surface area (TPSA) is 33.1 Å². The van der Waals surface area contributed by atoms with Gasteiger partial charge in [-0.3, -0.25) is 4.98 Å². The van der Waals surface area contributed by atoms with Crippen LogP contribution in [0.5, 0.6) is 0 Å². The van der Waals surface area contributed by atoms with Gasteiger partial charge in [0.15, 0.2) is 0 Å². The van der Waals surface area contributed by atoms with E-state index in [0.717, 1.165) is 11.3 Å². The van der Waals surface area contributed by atoms with Gasteiger partial charge in [0.1, 0.15) is 11.9 Å². The lowest BCUT2D eigenvalue weighted by molar-refractivity contribution is 0.214. The molecule has 1 N–H and O–H groups in total. The Balaban J connectivity index is 2.39. The number of halogens is 1. The van der Waals surface area contributed by atoms with Crippen LogP contribution in [0, 0.1) is 19.7 Å². The highest BCUT2D eigenvalue weighted by Crippen LogP contribution is 2.22. The Labute approximate surface area is 99.8 Å². The highest BCUT2D eigenvalue weighted by molar-refractivity contribution is 5.30. The average Bonchev–Trinajstić information content (AvgIpc) is 2.26. The molecular formula is C14H14FNO. The standard InChI is InChI=1S/C14H14FNO/c1-9-6-11(8-12(15)7-9)14(17)13-5-3-4-10(2)16-13/h3-8,14,17H,1-2H3. The first-order valence-electron chi connectivity index (χ1n) is 5.45. The highest BCUT2D eigenvalue weighted by Gasteiger charge is 2.13. The van der Waals surface area contributed by atoms with Gasteiger partial charge in [-0.2, -0.15) is 0 Å². The molecule has 0 radical (unpaired) electrons. The molecule has 3 heteroatoms. The second-order valence-corrected chi connectivity index (χ2v) is 4.17. The molecule has 17 heavy (non-hydrogen) atoms. The van der Waals surface area contributed by atoms with Gasteiger partial charge in [0, 0.05) is 5.69 Å². The van der Waals surface area contributed by atoms with Crippen molar-refractivity contribution in [3.05, 3.63) is 64.7 Å². The second-order valence-electron chi connectivity index (χ2n) is 4.17. The molecule has 0 saturated carbocycles. The number of hydrogen-bond acceptors (Lipinski definition) is 2. The monoisotopic (exact) mass is 231 g/mol. The molecule has 0 aliphatic carbocycles. The van der Waals surface area contributed by atoms with Gasteiger partial charge in [0.2, 0.25) is 0 Å². The predicted octanol–water partition coefficient (Wildman–Crippen LogP) is 2.92. The Hall–Kier alpha value is -1.74. The first kappa shape index (κ1) is 11.7. The van der Waals surface area contributed by atoms with Gasteiger partial charge in [-0.15, -0.1) is 0 Å². The summed E-state index contributed by atoms with van der Waals surface area (Å²) in [6, 6.07) is 9.94. The van der Waals surface area contributed by atoms with Crippen LogP contribution in [0.1, 0.15) is 28.6 Å². The number of aryl methyl sites for hydroxylation is 2. The largest absolute Gasteiger partial charge is 0.382 e. The van der Waals surface area contributed by atoms with Gasteiger partial charge in [-0.25, -0.2) is 4.39 Å². The molecule has 1 atom stereocenters. The summed E-state index contributed by atoms with van der Waals surface area (Å²) < 4.78 is 13.3. The van der Waals surface area contributed by atoms with E-state index in [1.165, 1.54) is 12.1 Å². The Morgan fingerprint density at radius 1 is 1.18 bits per heavy atom. The van der Waals surface area contributed by atoms with Crippen molar-refractivity contribution in [1.29, 1.82) is 0 Å². The lowest BCUT2D eigenvalue weighted by atomic mass is 10.0. The van der Waals surface area contributed by atoms with E-state index >= 15 is 0 Å². The van der Waals surface area contributed by atoms with Gasteiger partial charge in [-0.1, -0.05) is 12.1 Å². The summed E-state index contributed by atoms with van der Waals surface area (Å²) in [7, 11) is 0. The van der Waals surface area contributed by atoms with Crippen molar-refractivity contribution in [2.24, 2.45) is 0 Å². The van der Waals surface area contributed by atoms with Crippen LogP contribution in [0.15, 0.2) is 36.4 Å². The summed E-state index contributed by atoms with van der Waals surface area (Å²) in [4.78, 5) is 4.24. The fourth-order valence-corrected chi connectivity index (χ4v) is 1.81. The third kappa shape index (κ3) is 2.68. The minimum atomic E-state index is -0.885. The maximum Gasteiger partial charge on any atom is 0.123 e. The van der Waals surface area contributed by atoms with E-state index in [2.05, 4.69) is 4.98 Å². The van der Waals surface area contributed by atoms with E-state index in [-0.39, 0.29) is 5.82 Å². The van der Waals surface area contributed by atoms with E-state index in [1.54, 1.807) is 19.1 Å². The third-order valence-corrected chi connectivity index (χ3v) is 2.57. The van der Waals surface area contributed by atoms with Gasteiger partial charge in [0.05, 0.1) is 5.69 Å². The SMILES string of the molecule is Cc1cc(F)cc(C(O)c2cccc(C)n2)c1. The maximum atomic E-state index is 13.3. The number of aliphatic hydroxyl groups excluding tert-OH is 1. The molecule has 0 aliphatic heterocycles. The summed E-state index contributed by atoms with van der Waals surface area (Å²) in [5.41, 5.74) is 2.68. The lowest BCUT2D eigenvalue weighted by Gasteiger charge is -2.12. The molecule has 2 aromatic rings. The smallest absolute Gasteiger partial charge is 0.123 e. The average molecular weight is 231 g/mol. The van der Waals surface area contributed by atoms with Crippen LogP contribution in [0.3, 0.4) is 0 Å². The van der Waals surface area contributed by atoms with Crippen molar-refractivity contribution >= 4 is 0 Å². The minimum Gasteiger partial charge on any atom is -0.382 e. The van der Waals surface area contributed by atoms with Crippen molar-refractivity contribution in [3.8, 4) is 0 Å². The van der Waals surface area contributed by atoms with Crippen molar-refractivity contribution < 1.29 is 9.50 Å². The number of nitrogens with zero attached hydrogens (tertiary/aromatic N) is 1. The zero-order valence-electron chi connectivity index (χ0n) is 9.81. The van der Waals surface area contributed by atoms with Crippen LogP contribution in [0.4, 0.5) is 4.39 Å². The molecule has 1 unspecified atom stereocenters. The Kier molecular flexibility index (Phi) is 3.20. The van der Waals surface area contributed by atoms with Gasteiger partial charge < -0.3 is 5.11 Å². The normalized spacial score (nSPS) is 12.5. The fourth-order valence-electron chi connectivity index (χ4n) is 1.81. The van der Waals surface area contributed by atoms with Crippen LogP contribution in [0.25, 0.3) is 0 Å². The van der Waals surface area contributed by atoms with E-state index < -0.39 is 6.10 Å². The van der Waals surface area contributed by atoms with Gasteiger partial charge in [-0.05, 0) is 49.2 Å². The van der Waals surface area contributed by atoms with E-state index in [4.69, 9.17) is 0 Å². The van der Waals surface area contributed by atoms with Gasteiger partial charge in [0.25, 0.3) is 0 Å². The van der Waals surface area contributed by atoms with E-state index in [1.807, 2.05) is 19.1 Å². The molecule has 0 saturated heterocycles. The summed E-state index contributed by atoms with van der Waals surface area (Å²) in [5, 5.41) is 10.1. The second kappa shape index (κ2) is 4.63.